The Morgan fingerprint density at radius 2 is 1.19 bits per heavy atom. The third-order valence-corrected chi connectivity index (χ3v) is 14.6. The van der Waals surface area contributed by atoms with Crippen LogP contribution in [0.1, 0.15) is 81.8 Å². The van der Waals surface area contributed by atoms with Crippen LogP contribution in [0.5, 0.6) is 5.75 Å². The van der Waals surface area contributed by atoms with Gasteiger partial charge in [-0.3, -0.25) is 54.6 Å². The summed E-state index contributed by atoms with van der Waals surface area (Å²) in [5.41, 5.74) is 13.6. The quantitative estimate of drug-likeness (QED) is 0.0245. The second-order valence-electron chi connectivity index (χ2n) is 18.3. The number of benzene rings is 7. The first-order chi connectivity index (χ1) is 39.8. The van der Waals surface area contributed by atoms with Gasteiger partial charge in [0.2, 0.25) is 5.16 Å². The molecule has 0 radical (unpaired) electrons. The first-order valence-corrected chi connectivity index (χ1v) is 26.8. The number of aromatic amines is 2. The molecule has 6 N–H and O–H groups in total. The molecule has 21 nitrogen and oxygen atoms in total. The molecular formula is C61H52N10O11S2. The summed E-state index contributed by atoms with van der Waals surface area (Å²) in [5, 5.41) is 52.9. The molecule has 0 bridgehead atoms. The van der Waals surface area contributed by atoms with Crippen LogP contribution in [0.25, 0.3) is 33.9 Å². The van der Waals surface area contributed by atoms with E-state index in [1.807, 2.05) is 104 Å². The second-order valence-corrected chi connectivity index (χ2v) is 20.3. The summed E-state index contributed by atoms with van der Waals surface area (Å²) < 4.78 is 0. The number of aromatic hydroxyl groups is 1. The number of nitrogens with two attached hydrogens (primary N) is 1. The highest BCUT2D eigenvalue weighted by atomic mass is 32.2. The molecule has 10 rings (SSSR count). The fourth-order valence-corrected chi connectivity index (χ4v) is 10.2. The van der Waals surface area contributed by atoms with Crippen molar-refractivity contribution in [2.24, 2.45) is 5.73 Å². The summed E-state index contributed by atoms with van der Waals surface area (Å²) in [6, 6.07) is 48.7. The minimum absolute atomic E-state index is 0. The van der Waals surface area contributed by atoms with E-state index in [0.29, 0.717) is 61.9 Å². The molecule has 0 saturated heterocycles. The molecule has 3 heterocycles. The van der Waals surface area contributed by atoms with Gasteiger partial charge in [0.15, 0.2) is 11.6 Å². The van der Waals surface area contributed by atoms with Gasteiger partial charge in [0, 0.05) is 75.0 Å². The van der Waals surface area contributed by atoms with Crippen LogP contribution in [0.4, 0.5) is 22.1 Å². The molecule has 10 aromatic rings. The number of ketones is 2. The van der Waals surface area contributed by atoms with E-state index in [2.05, 4.69) is 25.5 Å². The van der Waals surface area contributed by atoms with Crippen molar-refractivity contribution in [3.63, 3.8) is 0 Å². The maximum absolute atomic E-state index is 12.9. The Kier molecular flexibility index (Phi) is 20.0. The Labute approximate surface area is 488 Å². The number of hydrogen-bond donors (Lipinski definition) is 5. The fraction of sp³-hybridized carbons (Fsp3) is 0.0984. The van der Waals surface area contributed by atoms with E-state index < -0.39 is 26.6 Å². The molecule has 0 aliphatic carbocycles. The first kappa shape index (κ1) is 60.9. The molecule has 0 unspecified atom stereocenters. The van der Waals surface area contributed by atoms with Crippen LogP contribution in [0.3, 0.4) is 0 Å². The number of carbonyl (C=O) groups is 4. The minimum atomic E-state index is -0.618. The van der Waals surface area contributed by atoms with Gasteiger partial charge < -0.3 is 21.1 Å². The lowest BCUT2D eigenvalue weighted by molar-refractivity contribution is -0.385. The number of aromatic nitrogens is 5. The van der Waals surface area contributed by atoms with Crippen molar-refractivity contribution in [3.8, 4) is 39.7 Å². The number of amides is 2. The Bertz CT molecular complexity index is 4020. The number of anilines is 1. The van der Waals surface area contributed by atoms with Crippen molar-refractivity contribution >= 4 is 68.5 Å². The molecule has 84 heavy (non-hydrogen) atoms. The van der Waals surface area contributed by atoms with Crippen molar-refractivity contribution in [1.82, 2.24) is 25.1 Å². The van der Waals surface area contributed by atoms with Gasteiger partial charge in [0.05, 0.1) is 49.1 Å². The molecule has 3 aromatic heterocycles. The summed E-state index contributed by atoms with van der Waals surface area (Å²) in [5.74, 6) is -0.274. The van der Waals surface area contributed by atoms with Crippen molar-refractivity contribution in [1.29, 1.82) is 0 Å². The van der Waals surface area contributed by atoms with Gasteiger partial charge in [-0.25, -0.2) is 9.97 Å². The number of imidazole rings is 1. The highest BCUT2D eigenvalue weighted by molar-refractivity contribution is 7.99. The number of nitrogens with zero attached hydrogens (tertiary/aromatic N) is 6. The van der Waals surface area contributed by atoms with E-state index in [-0.39, 0.29) is 58.7 Å². The maximum Gasteiger partial charge on any atom is 0.273 e. The predicted molar refractivity (Wildman–Crippen MR) is 322 cm³/mol. The summed E-state index contributed by atoms with van der Waals surface area (Å²) >= 11 is 2.52. The summed E-state index contributed by atoms with van der Waals surface area (Å²) in [6.45, 7) is 5.55. The van der Waals surface area contributed by atoms with E-state index in [1.54, 1.807) is 26.0 Å². The van der Waals surface area contributed by atoms with Crippen molar-refractivity contribution in [3.05, 3.63) is 261 Å². The van der Waals surface area contributed by atoms with Gasteiger partial charge in [-0.05, 0) is 62.2 Å². The van der Waals surface area contributed by atoms with E-state index in [0.717, 1.165) is 38.8 Å². The highest BCUT2D eigenvalue weighted by Gasteiger charge is 2.23. The van der Waals surface area contributed by atoms with Crippen LogP contribution in [0.2, 0.25) is 0 Å². The zero-order chi connectivity index (χ0) is 59.3. The number of H-pyrrole nitrogens is 2. The van der Waals surface area contributed by atoms with Crippen molar-refractivity contribution in [2.45, 2.75) is 39.8 Å². The van der Waals surface area contributed by atoms with E-state index in [4.69, 9.17) is 10.7 Å². The maximum atomic E-state index is 12.9. The van der Waals surface area contributed by atoms with Crippen LogP contribution in [0, 0.1) is 51.1 Å². The third kappa shape index (κ3) is 15.2. The molecule has 0 aliphatic heterocycles. The number of Topliss-reactive ketones (excluding diaryl/α,β-unsaturated/α-hetero) is 1. The van der Waals surface area contributed by atoms with Gasteiger partial charge in [0.1, 0.15) is 22.4 Å². The van der Waals surface area contributed by atoms with Gasteiger partial charge in [-0.2, -0.15) is 0 Å². The topological polar surface area (TPSA) is 326 Å². The van der Waals surface area contributed by atoms with Crippen LogP contribution in [-0.4, -0.2) is 74.2 Å². The Morgan fingerprint density at radius 3 is 1.73 bits per heavy atom. The molecule has 0 atom stereocenters. The molecule has 0 spiro atoms. The Morgan fingerprint density at radius 1 is 0.655 bits per heavy atom. The predicted octanol–water partition coefficient (Wildman–Crippen LogP) is 13.1. The van der Waals surface area contributed by atoms with Crippen molar-refractivity contribution in [2.75, 3.05) is 11.1 Å². The summed E-state index contributed by atoms with van der Waals surface area (Å²) in [6.07, 6.45) is 0.616. The average Bonchev–Trinajstić information content (AvgIpc) is 3.96. The number of nitro benzene ring substituents is 3. The molecule has 0 saturated carbocycles. The number of rotatable bonds is 17. The van der Waals surface area contributed by atoms with Gasteiger partial charge in [-0.15, -0.1) is 16.4 Å². The number of aryl methyl sites for hydroxylation is 2. The van der Waals surface area contributed by atoms with Gasteiger partial charge in [0.25, 0.3) is 28.9 Å². The number of nitro groups is 3. The molecule has 424 valence electrons. The number of phenols is 1. The lowest BCUT2D eigenvalue weighted by Gasteiger charge is -2.06. The normalized spacial score (nSPS) is 10.5. The highest BCUT2D eigenvalue weighted by Crippen LogP contribution is 2.38. The Balaban J connectivity index is 0.000000189. The fourth-order valence-electron chi connectivity index (χ4n) is 8.18. The first-order valence-electron chi connectivity index (χ1n) is 25.0. The largest absolute Gasteiger partial charge is 0.507 e. The number of nitrogens with one attached hydrogen (secondary N) is 3. The van der Waals surface area contributed by atoms with E-state index in [1.165, 1.54) is 83.8 Å². The van der Waals surface area contributed by atoms with Crippen LogP contribution in [-0.2, 0) is 6.42 Å². The molecule has 23 heteroatoms. The third-order valence-electron chi connectivity index (χ3n) is 12.5. The number of hydrogen-bond acceptors (Lipinski definition) is 16. The lowest BCUT2D eigenvalue weighted by Crippen LogP contribution is -2.17. The number of primary amides is 1. The molecule has 0 fully saturated rings. The van der Waals surface area contributed by atoms with Gasteiger partial charge >= 0.3 is 0 Å². The lowest BCUT2D eigenvalue weighted by atomic mass is 9.99. The van der Waals surface area contributed by atoms with Crippen LogP contribution >= 0.6 is 23.1 Å². The van der Waals surface area contributed by atoms with Crippen molar-refractivity contribution < 1.29 is 39.1 Å². The Hall–Kier alpha value is -10.8. The average molecular weight is 1170 g/mol. The van der Waals surface area contributed by atoms with E-state index in [9.17, 15) is 54.6 Å². The molecule has 0 aliphatic rings. The number of carbonyl (C=O) groups excluding carboxylic acids is 4. The van der Waals surface area contributed by atoms with E-state index >= 15 is 0 Å². The zero-order valence-corrected chi connectivity index (χ0v) is 45.9. The zero-order valence-electron chi connectivity index (χ0n) is 44.3. The second kappa shape index (κ2) is 27.6. The van der Waals surface area contributed by atoms with Crippen LogP contribution in [0.15, 0.2) is 181 Å². The minimum Gasteiger partial charge on any atom is -0.507 e. The van der Waals surface area contributed by atoms with Gasteiger partial charge in [-0.1, -0.05) is 134 Å². The standard InChI is InChI=1S/C29H21N3O4.C20H17N3O4S.C11H10N4O3S.CH4/c1-18-7-9-21(10-8-18)28(34)22-13-11-20(12-14-22)27-26(19-5-3-2-4-6-19)30-29(31-27)24-16-15-23(32(35)36)17-25(24)33;1-12-16(11-13-5-3-2-4-6-13)28-20(17(12)18(21)24)22-19(25)14-7-9-15(10-8-14)23(26)27;1-7-12-11(14-13-7)19-6-10(16)8-2-4-9(5-3-8)15(17)18;/h2-17,33H,1H3,(H,30,31);2-10H,11H2,1H3,(H2,21,24)(H,22,25);2-5H,6H2,1H3,(H,12,13,14);1H4. The summed E-state index contributed by atoms with van der Waals surface area (Å²) in [7, 11) is 0. The molecular weight excluding hydrogens is 1110 g/mol. The number of thiophene rings is 1. The number of non-ortho nitro benzene ring substituents is 3. The smallest absolute Gasteiger partial charge is 0.273 e. The SMILES string of the molecule is C.Cc1c(Cc2ccccc2)sc(NC(=O)c2ccc([N+](=O)[O-])cc2)c1C(N)=O.Cc1ccc(C(=O)c2ccc(-c3[nH]c(-c4ccc([N+](=O)[O-])cc4O)nc3-c3ccccc3)cc2)cc1.Cc1nc(SCC(=O)c2ccc([N+](=O)[O-])cc2)n[nH]1. The number of phenolic OH excluding ortho intramolecular Hbond substituents is 1. The molecule has 2 amide bonds. The monoisotopic (exact) mass is 1160 g/mol. The number of thioether (sulfide) groups is 1. The van der Waals surface area contributed by atoms with Crippen LogP contribution < -0.4 is 11.1 Å². The summed E-state index contributed by atoms with van der Waals surface area (Å²) in [4.78, 5) is 92.9. The molecule has 7 aromatic carbocycles.